The van der Waals surface area contributed by atoms with Crippen molar-refractivity contribution < 1.29 is 77.8 Å². The summed E-state index contributed by atoms with van der Waals surface area (Å²) in [7, 11) is 0. The Kier molecular flexibility index (Phi) is 17.0. The molecular formula is C78H82N2O16. The normalized spacial score (nSPS) is 22.5. The van der Waals surface area contributed by atoms with E-state index in [1.54, 1.807) is 24.3 Å². The number of carbonyl (C=O) groups excluding carboxylic acids is 10. The van der Waals surface area contributed by atoms with Gasteiger partial charge in [0.25, 0.3) is 23.6 Å². The third kappa shape index (κ3) is 11.5. The van der Waals surface area contributed by atoms with E-state index < -0.39 is 60.6 Å². The maximum atomic E-state index is 14.3. The maximum absolute atomic E-state index is 14.3. The average Bonchev–Trinajstić information content (AvgIpc) is 0.723. The van der Waals surface area contributed by atoms with Crippen molar-refractivity contribution in [3.63, 3.8) is 0 Å². The van der Waals surface area contributed by atoms with Crippen LogP contribution in [0.4, 0.5) is 0 Å². The second-order valence-electron chi connectivity index (χ2n) is 29.8. The third-order valence-electron chi connectivity index (χ3n) is 23.7. The number of ketones is 4. The number of allylic oxidation sites excluding steroid dienone is 8. The molecule has 4 aromatic rings. The van der Waals surface area contributed by atoms with Crippen LogP contribution >= 0.6 is 0 Å². The smallest absolute Gasteiger partial charge is 0.338 e. The zero-order valence-electron chi connectivity index (χ0n) is 54.3. The molecule has 14 rings (SSSR count). The number of Topliss-reactive ketones (excluding diaryl/α,β-unsaturated/α-hetero) is 4. The van der Waals surface area contributed by atoms with Crippen LogP contribution in [0.15, 0.2) is 118 Å². The predicted molar refractivity (Wildman–Crippen MR) is 351 cm³/mol. The predicted octanol–water partition coefficient (Wildman–Crippen LogP) is 14.4. The lowest BCUT2D eigenvalue weighted by Gasteiger charge is -2.43. The number of ether oxygens (including phenoxy) is 2. The number of aliphatic hydroxyl groups is 4. The average molecular weight is 1300 g/mol. The standard InChI is InChI=1S/C78H82N2O16/c81-53-37-75(25-5-1-6-26-75)38-54(82)65(53)61(66-55(83)39-76(40-56(66)84)27-7-2-8-28-76)45-13-17-47(18-14-45)73(93)95-35-33-79-69(89)49-21-23-51-64-52(24-22-50(63(49)64)70(79)90)72(92)80(71(51)91)34-36-96-74(94)48-19-15-46(16-20-48)62(67-57(85)41-77(42-58(67)86)29-9-3-10-30-77)68-59(87)43-78(44-60(68)88)31-11-4-12-32-78/h13-24,61-62,81,83,85,87H,1-12,25-44H2. The topological polar surface area (TPSA) is 277 Å². The van der Waals surface area contributed by atoms with Gasteiger partial charge in [-0.1, -0.05) is 101 Å². The number of benzene rings is 4. The number of rotatable bonds is 14. The summed E-state index contributed by atoms with van der Waals surface area (Å²) < 4.78 is 11.3. The van der Waals surface area contributed by atoms with Gasteiger partial charge in [-0.25, -0.2) is 9.59 Å². The minimum Gasteiger partial charge on any atom is -0.512 e. The molecule has 2 aliphatic heterocycles. The molecule has 4 spiro atoms. The number of carbonyl (C=O) groups is 10. The molecule has 0 saturated heterocycles. The van der Waals surface area contributed by atoms with Crippen LogP contribution in [0.5, 0.6) is 0 Å². The summed E-state index contributed by atoms with van der Waals surface area (Å²) in [5, 5.41) is 47.5. The van der Waals surface area contributed by atoms with Crippen LogP contribution in [0.3, 0.4) is 0 Å². The molecule has 8 aliphatic carbocycles. The highest BCUT2D eigenvalue weighted by Gasteiger charge is 2.51. The van der Waals surface area contributed by atoms with Gasteiger partial charge in [0.2, 0.25) is 0 Å². The van der Waals surface area contributed by atoms with Crippen molar-refractivity contribution in [2.24, 2.45) is 21.7 Å². The van der Waals surface area contributed by atoms with Gasteiger partial charge in [0.1, 0.15) is 36.3 Å². The van der Waals surface area contributed by atoms with Crippen LogP contribution in [0.2, 0.25) is 0 Å². The van der Waals surface area contributed by atoms with Crippen molar-refractivity contribution in [3.05, 3.63) is 163 Å². The first-order valence-electron chi connectivity index (χ1n) is 34.9. The molecule has 4 aromatic carbocycles. The van der Waals surface area contributed by atoms with Crippen molar-refractivity contribution >= 4 is 69.5 Å². The summed E-state index contributed by atoms with van der Waals surface area (Å²) in [4.78, 5) is 143. The van der Waals surface area contributed by atoms with Gasteiger partial charge in [-0.05, 0) is 133 Å². The molecule has 4 amide bonds. The SMILES string of the molecule is O=C1CC2(CCCCC2)CC(O)=C1C(C1=C(O)CC2(CCCCC2)CC1=O)c1ccc(C(=O)OCCN2C(=O)c3ccc4c5c(ccc(c35)C2=O)C(=O)N(CCOC(=O)c2ccc(C(C3=C(O)CC5(CCCCC5)CC3=O)C3=C(O)CC5(CCCCC5)CC3=O)cc2)C4=O)cc1. The highest BCUT2D eigenvalue weighted by molar-refractivity contribution is 6.33. The minimum atomic E-state index is -1.06. The van der Waals surface area contributed by atoms with E-state index in [4.69, 9.17) is 9.47 Å². The number of hydrogen-bond donors (Lipinski definition) is 4. The molecule has 18 nitrogen and oxygen atoms in total. The Bertz CT molecular complexity index is 3680. The van der Waals surface area contributed by atoms with E-state index in [0.717, 1.165) is 138 Å². The molecule has 4 saturated carbocycles. The highest BCUT2D eigenvalue weighted by atomic mass is 16.5. The Morgan fingerprint density at radius 3 is 0.812 bits per heavy atom. The van der Waals surface area contributed by atoms with Crippen LogP contribution in [-0.4, -0.2) is 115 Å². The first-order chi connectivity index (χ1) is 46.2. The Labute approximate surface area is 556 Å². The lowest BCUT2D eigenvalue weighted by atomic mass is 9.60. The summed E-state index contributed by atoms with van der Waals surface area (Å²) in [6, 6.07) is 17.8. The van der Waals surface area contributed by atoms with Crippen LogP contribution in [-0.2, 0) is 28.7 Å². The van der Waals surface area contributed by atoms with Crippen LogP contribution < -0.4 is 0 Å². The Hall–Kier alpha value is -8.80. The number of aliphatic hydroxyl groups excluding tert-OH is 4. The molecule has 18 heteroatoms. The Morgan fingerprint density at radius 1 is 0.344 bits per heavy atom. The van der Waals surface area contributed by atoms with Crippen molar-refractivity contribution in [1.29, 1.82) is 0 Å². The molecule has 0 atom stereocenters. The number of hydrogen-bond acceptors (Lipinski definition) is 16. The van der Waals surface area contributed by atoms with Gasteiger partial charge in [0.05, 0.1) is 24.2 Å². The van der Waals surface area contributed by atoms with Crippen LogP contribution in [0.25, 0.3) is 10.8 Å². The molecule has 10 aliphatic rings. The molecule has 0 radical (unpaired) electrons. The Morgan fingerprint density at radius 2 is 0.583 bits per heavy atom. The number of amides is 4. The molecule has 0 unspecified atom stereocenters. The quantitative estimate of drug-likeness (QED) is 0.0674. The summed E-state index contributed by atoms with van der Waals surface area (Å²) in [5.41, 5.74) is 0.215. The van der Waals surface area contributed by atoms with Gasteiger partial charge in [-0.15, -0.1) is 0 Å². The van der Waals surface area contributed by atoms with Gasteiger partial charge < -0.3 is 29.9 Å². The molecular weight excluding hydrogens is 1220 g/mol. The summed E-state index contributed by atoms with van der Waals surface area (Å²) in [6.07, 6.45) is 20.6. The van der Waals surface area contributed by atoms with E-state index in [-0.39, 0.29) is 173 Å². The van der Waals surface area contributed by atoms with E-state index in [1.807, 2.05) is 0 Å². The maximum Gasteiger partial charge on any atom is 0.338 e. The van der Waals surface area contributed by atoms with Crippen LogP contribution in [0, 0.1) is 21.7 Å². The lowest BCUT2D eigenvalue weighted by molar-refractivity contribution is -0.122. The second kappa shape index (κ2) is 25.3. The summed E-state index contributed by atoms with van der Waals surface area (Å²) in [5.74, 6) is -8.01. The van der Waals surface area contributed by atoms with E-state index in [2.05, 4.69) is 0 Å². The first kappa shape index (κ1) is 64.5. The van der Waals surface area contributed by atoms with Crippen LogP contribution in [0.1, 0.15) is 265 Å². The minimum absolute atomic E-state index is 0.0402. The van der Waals surface area contributed by atoms with Gasteiger partial charge in [-0.3, -0.25) is 48.2 Å². The largest absolute Gasteiger partial charge is 0.512 e. The lowest BCUT2D eigenvalue weighted by Crippen LogP contribution is -2.45. The number of imide groups is 2. The second-order valence-corrected chi connectivity index (χ2v) is 29.8. The van der Waals surface area contributed by atoms with Gasteiger partial charge in [-0.2, -0.15) is 0 Å². The zero-order valence-corrected chi connectivity index (χ0v) is 54.3. The summed E-state index contributed by atoms with van der Waals surface area (Å²) >= 11 is 0. The van der Waals surface area contributed by atoms with E-state index >= 15 is 0 Å². The monoisotopic (exact) mass is 1300 g/mol. The molecule has 96 heavy (non-hydrogen) atoms. The van der Waals surface area contributed by atoms with E-state index in [1.165, 1.54) is 48.5 Å². The van der Waals surface area contributed by atoms with Gasteiger partial charge in [0, 0.05) is 119 Å². The van der Waals surface area contributed by atoms with Gasteiger partial charge >= 0.3 is 11.9 Å². The summed E-state index contributed by atoms with van der Waals surface area (Å²) in [6.45, 7) is -1.53. The van der Waals surface area contributed by atoms with Crippen molar-refractivity contribution in [2.45, 2.75) is 192 Å². The van der Waals surface area contributed by atoms with Crippen molar-refractivity contribution in [1.82, 2.24) is 9.80 Å². The fourth-order valence-electron chi connectivity index (χ4n) is 19.0. The number of esters is 2. The number of nitrogens with zero attached hydrogens (tertiary/aromatic N) is 2. The van der Waals surface area contributed by atoms with E-state index in [9.17, 15) is 68.4 Å². The molecule has 2 heterocycles. The van der Waals surface area contributed by atoms with E-state index in [0.29, 0.717) is 36.8 Å². The first-order valence-corrected chi connectivity index (χ1v) is 34.9. The fraction of sp³-hybridized carbons (Fsp3) is 0.487. The fourth-order valence-corrected chi connectivity index (χ4v) is 19.0. The van der Waals surface area contributed by atoms with Crippen molar-refractivity contribution in [2.75, 3.05) is 26.3 Å². The Balaban J connectivity index is 0.632. The molecule has 4 N–H and O–H groups in total. The highest BCUT2D eigenvalue weighted by Crippen LogP contribution is 2.57. The molecule has 500 valence electrons. The zero-order chi connectivity index (χ0) is 67.0. The van der Waals surface area contributed by atoms with Crippen molar-refractivity contribution in [3.8, 4) is 0 Å². The molecule has 0 bridgehead atoms. The molecule has 0 aromatic heterocycles. The van der Waals surface area contributed by atoms with Gasteiger partial charge in [0.15, 0.2) is 23.1 Å². The third-order valence-corrected chi connectivity index (χ3v) is 23.7. The molecule has 4 fully saturated rings.